The Morgan fingerprint density at radius 3 is 2.81 bits per heavy atom. The van der Waals surface area contributed by atoms with Crippen molar-refractivity contribution in [3.63, 3.8) is 0 Å². The zero-order chi connectivity index (χ0) is 15.2. The van der Waals surface area contributed by atoms with Gasteiger partial charge in [0, 0.05) is 7.11 Å². The summed E-state index contributed by atoms with van der Waals surface area (Å²) in [5.41, 5.74) is 0.918. The zero-order valence-electron chi connectivity index (χ0n) is 11.7. The Bertz CT molecular complexity index is 548. The molecule has 0 amide bonds. The molecule has 0 saturated carbocycles. The van der Waals surface area contributed by atoms with Gasteiger partial charge >= 0.3 is 7.12 Å². The summed E-state index contributed by atoms with van der Waals surface area (Å²) in [7, 11) is 0.591. The van der Waals surface area contributed by atoms with Crippen LogP contribution in [0.5, 0.6) is 11.5 Å². The largest absolute Gasteiger partial charge is 0.535 e. The van der Waals surface area contributed by atoms with Crippen molar-refractivity contribution in [2.45, 2.75) is 19.0 Å². The van der Waals surface area contributed by atoms with Crippen LogP contribution >= 0.6 is 0 Å². The number of aliphatic hydroxyl groups is 2. The lowest BCUT2D eigenvalue weighted by atomic mass is 9.78. The molecule has 1 aromatic carbocycles. The van der Waals surface area contributed by atoms with E-state index >= 15 is 0 Å². The molecule has 0 spiro atoms. The molecule has 2 rings (SSSR count). The number of hydrogen-bond donors (Lipinski definition) is 3. The third-order valence-corrected chi connectivity index (χ3v) is 3.05. The molecule has 6 nitrogen and oxygen atoms in total. The number of methoxy groups -OCH3 is 1. The van der Waals surface area contributed by atoms with E-state index in [0.717, 1.165) is 5.56 Å². The second-order valence-electron chi connectivity index (χ2n) is 4.53. The first-order valence-corrected chi connectivity index (χ1v) is 6.57. The van der Waals surface area contributed by atoms with Crippen LogP contribution in [0.1, 0.15) is 17.4 Å². The molecule has 0 aliphatic carbocycles. The van der Waals surface area contributed by atoms with Gasteiger partial charge in [0.2, 0.25) is 0 Å². The molecule has 0 bridgehead atoms. The fourth-order valence-electron chi connectivity index (χ4n) is 2.10. The summed E-state index contributed by atoms with van der Waals surface area (Å²) in [6, 6.07) is 3.43. The summed E-state index contributed by atoms with van der Waals surface area (Å²) in [6.07, 6.45) is -0.687. The number of hydrogen-bond acceptors (Lipinski definition) is 6. The van der Waals surface area contributed by atoms with E-state index < -0.39 is 13.4 Å². The molecule has 21 heavy (non-hydrogen) atoms. The Kier molecular flexibility index (Phi) is 5.48. The molecule has 0 unspecified atom stereocenters. The summed E-state index contributed by atoms with van der Waals surface area (Å²) in [6.45, 7) is 0.392. The highest BCUT2D eigenvalue weighted by molar-refractivity contribution is 6.44. The maximum Gasteiger partial charge on any atom is 0.522 e. The van der Waals surface area contributed by atoms with Crippen LogP contribution < -0.4 is 9.39 Å². The van der Waals surface area contributed by atoms with E-state index in [1.807, 2.05) is 0 Å². The highest BCUT2D eigenvalue weighted by Gasteiger charge is 2.29. The van der Waals surface area contributed by atoms with Gasteiger partial charge in [0.15, 0.2) is 6.29 Å². The smallest absolute Gasteiger partial charge is 0.522 e. The quantitative estimate of drug-likeness (QED) is 0.415. The fraction of sp³-hybridized carbons (Fsp3) is 0.429. The van der Waals surface area contributed by atoms with Crippen LogP contribution in [0.25, 0.3) is 0 Å². The summed E-state index contributed by atoms with van der Waals surface area (Å²) in [5, 5.41) is 28.7. The first kappa shape index (κ1) is 15.7. The maximum absolute atomic E-state index is 9.56. The summed E-state index contributed by atoms with van der Waals surface area (Å²) >= 11 is 0. The number of aliphatic hydroxyl groups excluding tert-OH is 1. The molecule has 0 radical (unpaired) electrons. The van der Waals surface area contributed by atoms with Crippen LogP contribution in [-0.2, 0) is 11.2 Å². The van der Waals surface area contributed by atoms with E-state index in [9.17, 15) is 15.2 Å². The summed E-state index contributed by atoms with van der Waals surface area (Å²) in [4.78, 5) is 0. The van der Waals surface area contributed by atoms with E-state index in [0.29, 0.717) is 19.3 Å². The molecule has 7 heteroatoms. The van der Waals surface area contributed by atoms with Crippen LogP contribution in [0, 0.1) is 11.8 Å². The Morgan fingerprint density at radius 2 is 2.10 bits per heavy atom. The monoisotopic (exact) mass is 292 g/mol. The van der Waals surface area contributed by atoms with Crippen LogP contribution in [0.3, 0.4) is 0 Å². The first-order chi connectivity index (χ1) is 10.1. The van der Waals surface area contributed by atoms with Crippen molar-refractivity contribution in [1.82, 2.24) is 0 Å². The van der Waals surface area contributed by atoms with E-state index in [1.54, 1.807) is 19.2 Å². The average molecular weight is 292 g/mol. The molecule has 1 heterocycles. The van der Waals surface area contributed by atoms with Crippen molar-refractivity contribution in [3.8, 4) is 23.3 Å². The number of rotatable bonds is 4. The predicted octanol–water partition coefficient (Wildman–Crippen LogP) is 0.114. The van der Waals surface area contributed by atoms with Crippen LogP contribution in [-0.4, -0.2) is 42.7 Å². The van der Waals surface area contributed by atoms with Gasteiger partial charge in [-0.2, -0.15) is 0 Å². The zero-order valence-corrected chi connectivity index (χ0v) is 11.7. The van der Waals surface area contributed by atoms with Crippen molar-refractivity contribution in [3.05, 3.63) is 23.3 Å². The molecular weight excluding hydrogens is 275 g/mol. The predicted molar refractivity (Wildman–Crippen MR) is 75.9 cm³/mol. The van der Waals surface area contributed by atoms with Crippen molar-refractivity contribution in [2.75, 3.05) is 20.3 Å². The third-order valence-electron chi connectivity index (χ3n) is 3.05. The van der Waals surface area contributed by atoms with Gasteiger partial charge in [-0.1, -0.05) is 17.9 Å². The van der Waals surface area contributed by atoms with Crippen LogP contribution in [0.2, 0.25) is 6.32 Å². The van der Waals surface area contributed by atoms with Crippen molar-refractivity contribution >= 4 is 7.12 Å². The van der Waals surface area contributed by atoms with Crippen molar-refractivity contribution < 1.29 is 29.4 Å². The van der Waals surface area contributed by atoms with Gasteiger partial charge in [0.25, 0.3) is 0 Å². The first-order valence-electron chi connectivity index (χ1n) is 6.57. The average Bonchev–Trinajstić information content (AvgIpc) is 2.46. The lowest BCUT2D eigenvalue weighted by Crippen LogP contribution is -2.28. The number of aryl methyl sites for hydroxylation is 1. The molecule has 1 aliphatic rings. The van der Waals surface area contributed by atoms with Gasteiger partial charge in [-0.05, 0) is 24.4 Å². The second-order valence-corrected chi connectivity index (χ2v) is 4.53. The Labute approximate surface area is 123 Å². The van der Waals surface area contributed by atoms with Gasteiger partial charge in [-0.15, -0.1) is 0 Å². The standard InChI is InChI=1S/C14H17BO6/c1-19-8-2-3-9-20-11-5-4-10-6-7-15(18)21-13(10)12(11)14(16)17/h4-5,14,16-18H,6-9H2,1H3. The molecule has 0 fully saturated rings. The summed E-state index contributed by atoms with van der Waals surface area (Å²) < 4.78 is 15.5. The van der Waals surface area contributed by atoms with E-state index in [1.165, 1.54) is 0 Å². The third kappa shape index (κ3) is 3.89. The van der Waals surface area contributed by atoms with E-state index in [4.69, 9.17) is 14.1 Å². The lowest BCUT2D eigenvalue weighted by molar-refractivity contribution is -0.0452. The Morgan fingerprint density at radius 1 is 1.33 bits per heavy atom. The number of benzene rings is 1. The van der Waals surface area contributed by atoms with Gasteiger partial charge in [-0.3, -0.25) is 0 Å². The topological polar surface area (TPSA) is 88.4 Å². The Balaban J connectivity index is 2.22. The fourth-order valence-corrected chi connectivity index (χ4v) is 2.10. The van der Waals surface area contributed by atoms with Crippen molar-refractivity contribution in [1.29, 1.82) is 0 Å². The van der Waals surface area contributed by atoms with Gasteiger partial charge in [-0.25, -0.2) is 0 Å². The summed E-state index contributed by atoms with van der Waals surface area (Å²) in [5.74, 6) is 6.01. The van der Waals surface area contributed by atoms with E-state index in [-0.39, 0.29) is 23.7 Å². The minimum Gasteiger partial charge on any atom is -0.535 e. The number of ether oxygens (including phenoxy) is 2. The highest BCUT2D eigenvalue weighted by Crippen LogP contribution is 2.39. The molecular formula is C14H17BO6. The SMILES string of the molecule is COCC#CCOc1ccc2c(c1C(O)O)OB(O)CC2. The molecule has 0 atom stereocenters. The minimum atomic E-state index is -1.76. The molecule has 0 aromatic heterocycles. The molecule has 1 aromatic rings. The Hall–Kier alpha value is -1.72. The second kappa shape index (κ2) is 7.34. The maximum atomic E-state index is 9.56. The molecule has 0 saturated heterocycles. The lowest BCUT2D eigenvalue weighted by Gasteiger charge is -2.24. The molecule has 3 N–H and O–H groups in total. The van der Waals surface area contributed by atoms with Crippen LogP contribution in [0.4, 0.5) is 0 Å². The molecule has 112 valence electrons. The van der Waals surface area contributed by atoms with Gasteiger partial charge in [0.05, 0.1) is 5.56 Å². The highest BCUT2D eigenvalue weighted by atomic mass is 16.5. The molecule has 1 aliphatic heterocycles. The normalized spacial score (nSPS) is 13.3. The van der Waals surface area contributed by atoms with Gasteiger partial charge in [0.1, 0.15) is 24.7 Å². The minimum absolute atomic E-state index is 0.0877. The number of fused-ring (bicyclic) bond motifs is 1. The van der Waals surface area contributed by atoms with E-state index in [2.05, 4.69) is 11.8 Å². The van der Waals surface area contributed by atoms with Gasteiger partial charge < -0.3 is 29.4 Å². The van der Waals surface area contributed by atoms with Crippen LogP contribution in [0.15, 0.2) is 12.1 Å². The van der Waals surface area contributed by atoms with Crippen molar-refractivity contribution in [2.24, 2.45) is 0 Å².